The molecule has 1 heterocycles. The van der Waals surface area contributed by atoms with Gasteiger partial charge in [0, 0.05) is 51.0 Å². The molecular formula is C25H33N3O5. The standard InChI is InChI=1S/C25H33N3O5/c1-30-21-8-6-20(7-9-21)28-15-13-27(14-16-28)12-11-26-24(29)10-5-19-17-22(31-2)25(33-4)23(18-19)32-3/h5-10,17-18H,11-16H2,1-4H3,(H,26,29)/b10-5+. The van der Waals surface area contributed by atoms with Crippen molar-refractivity contribution in [3.05, 3.63) is 48.0 Å². The first-order chi connectivity index (χ1) is 16.1. The zero-order valence-electron chi connectivity index (χ0n) is 19.8. The van der Waals surface area contributed by atoms with Gasteiger partial charge in [0.05, 0.1) is 28.4 Å². The van der Waals surface area contributed by atoms with Crippen LogP contribution in [0.15, 0.2) is 42.5 Å². The van der Waals surface area contributed by atoms with E-state index in [0.717, 1.165) is 44.0 Å². The molecule has 1 amide bonds. The Labute approximate surface area is 195 Å². The van der Waals surface area contributed by atoms with Crippen LogP contribution in [0.1, 0.15) is 5.56 Å². The number of nitrogens with one attached hydrogen (secondary N) is 1. The van der Waals surface area contributed by atoms with E-state index in [1.54, 1.807) is 46.6 Å². The summed E-state index contributed by atoms with van der Waals surface area (Å²) in [6, 6.07) is 11.8. The monoisotopic (exact) mass is 455 g/mol. The molecule has 0 spiro atoms. The fourth-order valence-electron chi connectivity index (χ4n) is 3.79. The minimum atomic E-state index is -0.138. The molecule has 1 fully saturated rings. The predicted molar refractivity (Wildman–Crippen MR) is 130 cm³/mol. The van der Waals surface area contributed by atoms with Crippen LogP contribution in [0.5, 0.6) is 23.0 Å². The number of carbonyl (C=O) groups is 1. The van der Waals surface area contributed by atoms with Crippen molar-refractivity contribution in [2.45, 2.75) is 0 Å². The minimum Gasteiger partial charge on any atom is -0.497 e. The lowest BCUT2D eigenvalue weighted by Gasteiger charge is -2.36. The average molecular weight is 456 g/mol. The molecule has 0 saturated carbocycles. The lowest BCUT2D eigenvalue weighted by molar-refractivity contribution is -0.116. The Morgan fingerprint density at radius 2 is 1.55 bits per heavy atom. The third-order valence-electron chi connectivity index (χ3n) is 5.65. The first-order valence-electron chi connectivity index (χ1n) is 10.9. The Bertz CT molecular complexity index is 913. The third-order valence-corrected chi connectivity index (χ3v) is 5.65. The summed E-state index contributed by atoms with van der Waals surface area (Å²) < 4.78 is 21.3. The number of benzene rings is 2. The maximum absolute atomic E-state index is 12.3. The van der Waals surface area contributed by atoms with Gasteiger partial charge in [-0.15, -0.1) is 0 Å². The molecule has 1 saturated heterocycles. The molecule has 0 radical (unpaired) electrons. The number of methoxy groups -OCH3 is 4. The lowest BCUT2D eigenvalue weighted by Crippen LogP contribution is -2.48. The molecule has 0 bridgehead atoms. The molecule has 0 atom stereocenters. The molecule has 8 heteroatoms. The summed E-state index contributed by atoms with van der Waals surface area (Å²) in [4.78, 5) is 17.0. The molecule has 0 unspecified atom stereocenters. The number of hydrogen-bond acceptors (Lipinski definition) is 7. The number of carbonyl (C=O) groups excluding carboxylic acids is 1. The van der Waals surface area contributed by atoms with Crippen LogP contribution in [0.2, 0.25) is 0 Å². The quantitative estimate of drug-likeness (QED) is 0.552. The highest BCUT2D eigenvalue weighted by atomic mass is 16.5. The predicted octanol–water partition coefficient (Wildman–Crippen LogP) is 2.67. The normalized spacial score (nSPS) is 14.2. The molecule has 0 aliphatic carbocycles. The van der Waals surface area contributed by atoms with Gasteiger partial charge in [0.2, 0.25) is 11.7 Å². The second-order valence-electron chi connectivity index (χ2n) is 7.61. The van der Waals surface area contributed by atoms with E-state index in [4.69, 9.17) is 18.9 Å². The maximum atomic E-state index is 12.3. The largest absolute Gasteiger partial charge is 0.497 e. The van der Waals surface area contributed by atoms with Gasteiger partial charge < -0.3 is 29.2 Å². The average Bonchev–Trinajstić information content (AvgIpc) is 2.87. The molecule has 0 aromatic heterocycles. The summed E-state index contributed by atoms with van der Waals surface area (Å²) >= 11 is 0. The molecule has 1 aliphatic rings. The van der Waals surface area contributed by atoms with E-state index in [1.165, 1.54) is 11.8 Å². The third kappa shape index (κ3) is 6.55. The fourth-order valence-corrected chi connectivity index (χ4v) is 3.79. The minimum absolute atomic E-state index is 0.138. The second-order valence-corrected chi connectivity index (χ2v) is 7.61. The lowest BCUT2D eigenvalue weighted by atomic mass is 10.1. The summed E-state index contributed by atoms with van der Waals surface area (Å²) in [5.74, 6) is 2.35. The van der Waals surface area contributed by atoms with Crippen molar-refractivity contribution < 1.29 is 23.7 Å². The number of ether oxygens (including phenoxy) is 4. The fraction of sp³-hybridized carbons (Fsp3) is 0.400. The zero-order valence-corrected chi connectivity index (χ0v) is 19.8. The summed E-state index contributed by atoms with van der Waals surface area (Å²) in [6.07, 6.45) is 3.25. The van der Waals surface area contributed by atoms with Gasteiger partial charge in [-0.2, -0.15) is 0 Å². The Morgan fingerprint density at radius 3 is 2.09 bits per heavy atom. The number of nitrogens with zero attached hydrogens (tertiary/aromatic N) is 2. The van der Waals surface area contributed by atoms with Gasteiger partial charge in [-0.05, 0) is 48.0 Å². The van der Waals surface area contributed by atoms with Crippen LogP contribution < -0.4 is 29.2 Å². The van der Waals surface area contributed by atoms with Crippen LogP contribution >= 0.6 is 0 Å². The second kappa shape index (κ2) is 12.0. The van der Waals surface area contributed by atoms with Crippen molar-refractivity contribution in [2.24, 2.45) is 0 Å². The van der Waals surface area contributed by atoms with E-state index in [-0.39, 0.29) is 5.91 Å². The van der Waals surface area contributed by atoms with Gasteiger partial charge in [-0.1, -0.05) is 0 Å². The first kappa shape index (κ1) is 24.3. The van der Waals surface area contributed by atoms with Gasteiger partial charge in [0.25, 0.3) is 0 Å². The van der Waals surface area contributed by atoms with E-state index in [9.17, 15) is 4.79 Å². The van der Waals surface area contributed by atoms with Crippen LogP contribution in [-0.4, -0.2) is 78.5 Å². The van der Waals surface area contributed by atoms with Crippen molar-refractivity contribution >= 4 is 17.7 Å². The molecule has 33 heavy (non-hydrogen) atoms. The number of piperazine rings is 1. The Morgan fingerprint density at radius 1 is 0.909 bits per heavy atom. The van der Waals surface area contributed by atoms with Crippen LogP contribution in [0.25, 0.3) is 6.08 Å². The Hall–Kier alpha value is -3.39. The molecule has 2 aromatic rings. The molecule has 2 aromatic carbocycles. The molecule has 1 aliphatic heterocycles. The highest BCUT2D eigenvalue weighted by molar-refractivity contribution is 5.91. The van der Waals surface area contributed by atoms with Gasteiger partial charge >= 0.3 is 0 Å². The van der Waals surface area contributed by atoms with Crippen LogP contribution in [-0.2, 0) is 4.79 Å². The van der Waals surface area contributed by atoms with Crippen molar-refractivity contribution in [3.8, 4) is 23.0 Å². The van der Waals surface area contributed by atoms with E-state index in [2.05, 4.69) is 27.2 Å². The first-order valence-corrected chi connectivity index (χ1v) is 10.9. The molecule has 8 nitrogen and oxygen atoms in total. The van der Waals surface area contributed by atoms with E-state index >= 15 is 0 Å². The van der Waals surface area contributed by atoms with E-state index < -0.39 is 0 Å². The summed E-state index contributed by atoms with van der Waals surface area (Å²) in [5, 5.41) is 2.95. The van der Waals surface area contributed by atoms with Crippen molar-refractivity contribution in [2.75, 3.05) is 72.6 Å². The van der Waals surface area contributed by atoms with Crippen molar-refractivity contribution in [1.29, 1.82) is 0 Å². The Balaban J connectivity index is 1.43. The SMILES string of the molecule is COc1ccc(N2CCN(CCNC(=O)/C=C/c3cc(OC)c(OC)c(OC)c3)CC2)cc1. The van der Waals surface area contributed by atoms with Gasteiger partial charge in [-0.3, -0.25) is 9.69 Å². The van der Waals surface area contributed by atoms with Gasteiger partial charge in [0.15, 0.2) is 11.5 Å². The molecule has 1 N–H and O–H groups in total. The number of amides is 1. The van der Waals surface area contributed by atoms with Gasteiger partial charge in [-0.25, -0.2) is 0 Å². The number of rotatable bonds is 10. The number of anilines is 1. The summed E-state index contributed by atoms with van der Waals surface area (Å²) in [7, 11) is 6.36. The van der Waals surface area contributed by atoms with Crippen LogP contribution in [0.4, 0.5) is 5.69 Å². The molecule has 3 rings (SSSR count). The van der Waals surface area contributed by atoms with Crippen molar-refractivity contribution in [1.82, 2.24) is 10.2 Å². The Kier molecular flexibility index (Phi) is 8.83. The van der Waals surface area contributed by atoms with E-state index in [0.29, 0.717) is 23.8 Å². The van der Waals surface area contributed by atoms with Crippen LogP contribution in [0, 0.1) is 0 Å². The highest BCUT2D eigenvalue weighted by Crippen LogP contribution is 2.38. The molecular weight excluding hydrogens is 422 g/mol. The summed E-state index contributed by atoms with van der Waals surface area (Å²) in [5.41, 5.74) is 2.00. The van der Waals surface area contributed by atoms with Crippen LogP contribution in [0.3, 0.4) is 0 Å². The van der Waals surface area contributed by atoms with Crippen molar-refractivity contribution in [3.63, 3.8) is 0 Å². The van der Waals surface area contributed by atoms with E-state index in [1.807, 2.05) is 12.1 Å². The smallest absolute Gasteiger partial charge is 0.244 e. The zero-order chi connectivity index (χ0) is 23.6. The number of hydrogen-bond donors (Lipinski definition) is 1. The highest BCUT2D eigenvalue weighted by Gasteiger charge is 2.17. The topological polar surface area (TPSA) is 72.5 Å². The maximum Gasteiger partial charge on any atom is 0.244 e. The molecule has 178 valence electrons. The van der Waals surface area contributed by atoms with Gasteiger partial charge in [0.1, 0.15) is 5.75 Å². The summed E-state index contributed by atoms with van der Waals surface area (Å²) in [6.45, 7) is 5.26.